The van der Waals surface area contributed by atoms with Crippen LogP contribution in [0, 0.1) is 5.82 Å². The van der Waals surface area contributed by atoms with Crippen LogP contribution in [0.3, 0.4) is 0 Å². The number of carbonyl (C=O) groups is 3. The zero-order valence-electron chi connectivity index (χ0n) is 22.6. The van der Waals surface area contributed by atoms with E-state index in [0.29, 0.717) is 37.2 Å². The second-order valence-corrected chi connectivity index (χ2v) is 9.70. The van der Waals surface area contributed by atoms with Crippen LogP contribution in [0.2, 0.25) is 0 Å². The van der Waals surface area contributed by atoms with Crippen molar-refractivity contribution in [2.24, 2.45) is 0 Å². The normalized spacial score (nSPS) is 16.4. The molecule has 5 rings (SSSR count). The van der Waals surface area contributed by atoms with Gasteiger partial charge in [0.1, 0.15) is 11.3 Å². The number of nitrogens with zero attached hydrogens (tertiary/aromatic N) is 1. The number of halogens is 1. The Kier molecular flexibility index (Phi) is 8.25. The van der Waals surface area contributed by atoms with E-state index in [4.69, 9.17) is 9.47 Å². The Morgan fingerprint density at radius 1 is 0.927 bits per heavy atom. The van der Waals surface area contributed by atoms with Crippen molar-refractivity contribution < 1.29 is 28.2 Å². The zero-order valence-corrected chi connectivity index (χ0v) is 22.6. The highest BCUT2D eigenvalue weighted by atomic mass is 18.2. The fraction of sp³-hybridized carbons (Fsp3) is 0.267. The predicted molar refractivity (Wildman–Crippen MR) is 150 cm³/mol. The summed E-state index contributed by atoms with van der Waals surface area (Å²) in [6.07, 6.45) is 2.34. The van der Waals surface area contributed by atoms with E-state index in [0.717, 1.165) is 10.9 Å². The largest absolute Gasteiger partial charge is 0.494 e. The van der Waals surface area contributed by atoms with Crippen LogP contribution in [0.1, 0.15) is 50.0 Å². The van der Waals surface area contributed by atoms with Crippen molar-refractivity contribution in [2.45, 2.75) is 25.4 Å². The van der Waals surface area contributed by atoms with Crippen LogP contribution in [-0.4, -0.2) is 66.7 Å². The molecule has 1 aliphatic rings. The molecule has 0 radical (unpaired) electrons. The van der Waals surface area contributed by atoms with E-state index in [1.165, 1.54) is 43.5 Å². The van der Waals surface area contributed by atoms with Gasteiger partial charge in [-0.15, -0.1) is 0 Å². The minimum Gasteiger partial charge on any atom is -0.494 e. The molecular formula is C30H30FN5O5. The van der Waals surface area contributed by atoms with E-state index >= 15 is 4.39 Å². The van der Waals surface area contributed by atoms with Gasteiger partial charge < -0.3 is 25.4 Å². The van der Waals surface area contributed by atoms with Crippen LogP contribution in [-0.2, 0) is 0 Å². The van der Waals surface area contributed by atoms with Crippen molar-refractivity contribution in [1.29, 1.82) is 0 Å². The van der Waals surface area contributed by atoms with Gasteiger partial charge in [-0.05, 0) is 48.9 Å². The number of aromatic nitrogens is 2. The molecule has 212 valence electrons. The highest BCUT2D eigenvalue weighted by molar-refractivity contribution is 6.11. The quantitative estimate of drug-likeness (QED) is 0.220. The fourth-order valence-corrected chi connectivity index (χ4v) is 4.73. The summed E-state index contributed by atoms with van der Waals surface area (Å²) in [7, 11) is 1.32. The molecule has 1 aliphatic heterocycles. The maximum Gasteiger partial charge on any atom is 0.251 e. The summed E-state index contributed by atoms with van der Waals surface area (Å²) in [5.74, 6) is -1.95. The van der Waals surface area contributed by atoms with Crippen LogP contribution < -0.4 is 25.4 Å². The maximum absolute atomic E-state index is 15.1. The molecule has 4 aromatic rings. The van der Waals surface area contributed by atoms with Gasteiger partial charge in [-0.3, -0.25) is 19.5 Å². The van der Waals surface area contributed by atoms with Gasteiger partial charge in [0.2, 0.25) is 0 Å². The Labute approximate surface area is 235 Å². The van der Waals surface area contributed by atoms with E-state index in [9.17, 15) is 14.4 Å². The van der Waals surface area contributed by atoms with Gasteiger partial charge in [0.25, 0.3) is 11.8 Å². The summed E-state index contributed by atoms with van der Waals surface area (Å²) < 4.78 is 25.7. The average molecular weight is 559 g/mol. The van der Waals surface area contributed by atoms with Crippen LogP contribution in [0.25, 0.3) is 10.9 Å². The molecule has 0 spiro atoms. The Bertz CT molecular complexity index is 1590. The third-order valence-electron chi connectivity index (χ3n) is 6.94. The van der Waals surface area contributed by atoms with Gasteiger partial charge in [0.15, 0.2) is 17.3 Å². The molecule has 1 fully saturated rings. The van der Waals surface area contributed by atoms with Crippen LogP contribution in [0.5, 0.6) is 11.5 Å². The van der Waals surface area contributed by atoms with E-state index < -0.39 is 11.6 Å². The lowest BCUT2D eigenvalue weighted by atomic mass is 9.99. The second kappa shape index (κ2) is 12.2. The number of hydrogen-bond acceptors (Lipinski definition) is 7. The van der Waals surface area contributed by atoms with Crippen LogP contribution >= 0.6 is 0 Å². The van der Waals surface area contributed by atoms with Crippen LogP contribution in [0.15, 0.2) is 60.8 Å². The summed E-state index contributed by atoms with van der Waals surface area (Å²) in [6, 6.07) is 13.4. The summed E-state index contributed by atoms with van der Waals surface area (Å²) in [5.41, 5.74) is 1.61. The van der Waals surface area contributed by atoms with Crippen molar-refractivity contribution >= 4 is 28.5 Å². The molecule has 1 aromatic heterocycles. The molecule has 11 heteroatoms. The van der Waals surface area contributed by atoms with Crippen molar-refractivity contribution in [3.05, 3.63) is 88.9 Å². The maximum atomic E-state index is 15.1. The summed E-state index contributed by atoms with van der Waals surface area (Å²) in [6.45, 7) is 3.20. The number of carbonyl (C=O) groups excluding carboxylic acids is 3. The number of ketones is 1. The lowest BCUT2D eigenvalue weighted by Gasteiger charge is -2.21. The van der Waals surface area contributed by atoms with Gasteiger partial charge in [-0.1, -0.05) is 19.1 Å². The van der Waals surface area contributed by atoms with Gasteiger partial charge in [0, 0.05) is 35.2 Å². The molecule has 2 heterocycles. The van der Waals surface area contributed by atoms with Gasteiger partial charge in [-0.25, -0.2) is 4.39 Å². The first-order valence-corrected chi connectivity index (χ1v) is 13.3. The lowest BCUT2D eigenvalue weighted by molar-refractivity contribution is 0.0896. The molecular weight excluding hydrogens is 528 g/mol. The molecule has 0 aliphatic carbocycles. The number of benzene rings is 3. The first kappa shape index (κ1) is 27.8. The number of aromatic amines is 1. The predicted octanol–water partition coefficient (Wildman–Crippen LogP) is 3.23. The summed E-state index contributed by atoms with van der Waals surface area (Å²) in [4.78, 5) is 39.2. The number of hydrogen-bond donors (Lipinski definition) is 4. The summed E-state index contributed by atoms with van der Waals surface area (Å²) in [5, 5.41) is 16.8. The molecule has 0 unspecified atom stereocenters. The highest BCUT2D eigenvalue weighted by Gasteiger charge is 2.30. The molecule has 10 nitrogen and oxygen atoms in total. The highest BCUT2D eigenvalue weighted by Crippen LogP contribution is 2.31. The zero-order chi connectivity index (χ0) is 28.9. The third-order valence-corrected chi connectivity index (χ3v) is 6.94. The number of fused-ring (bicyclic) bond motifs is 1. The van der Waals surface area contributed by atoms with E-state index in [1.54, 1.807) is 24.4 Å². The lowest BCUT2D eigenvalue weighted by Crippen LogP contribution is -2.51. The molecule has 1 saturated heterocycles. The van der Waals surface area contributed by atoms with Gasteiger partial charge in [0.05, 0.1) is 37.5 Å². The Balaban J connectivity index is 1.26. The second-order valence-electron chi connectivity index (χ2n) is 9.70. The molecule has 41 heavy (non-hydrogen) atoms. The van der Waals surface area contributed by atoms with Crippen molar-refractivity contribution in [3.8, 4) is 11.5 Å². The van der Waals surface area contributed by atoms with Crippen molar-refractivity contribution in [2.75, 3.05) is 26.8 Å². The molecule has 4 N–H and O–H groups in total. The monoisotopic (exact) mass is 558 g/mol. The first-order chi connectivity index (χ1) is 19.9. The number of nitrogens with one attached hydrogen (secondary N) is 4. The number of H-pyrrole nitrogens is 1. The van der Waals surface area contributed by atoms with Gasteiger partial charge >= 0.3 is 0 Å². The third kappa shape index (κ3) is 5.90. The smallest absolute Gasteiger partial charge is 0.251 e. The van der Waals surface area contributed by atoms with Crippen molar-refractivity contribution in [1.82, 2.24) is 26.1 Å². The standard InChI is InChI=1S/C30H30FN5O5/c1-3-12-41-24-10-11-25(40-2)27(31)26(24)28(37)17-4-6-18(7-5-17)29(38)34-22-15-32-16-23(22)35-30(39)19-8-9-21-20(13-19)14-33-36-21/h4-11,13-14,22-23,32H,3,12,15-16H2,1-2H3,(H,33,36)(H,34,38)(H,35,39)/t22-,23-/m1/s1/i31-1. The Morgan fingerprint density at radius 3 is 2.24 bits per heavy atom. The fourth-order valence-electron chi connectivity index (χ4n) is 4.73. The minimum atomic E-state index is -0.806. The van der Waals surface area contributed by atoms with E-state index in [-0.39, 0.29) is 46.5 Å². The van der Waals surface area contributed by atoms with E-state index in [1.807, 2.05) is 6.92 Å². The van der Waals surface area contributed by atoms with Crippen LogP contribution in [0.4, 0.5) is 4.39 Å². The summed E-state index contributed by atoms with van der Waals surface area (Å²) >= 11 is 0. The number of ether oxygens (including phenoxy) is 2. The Morgan fingerprint density at radius 2 is 1.56 bits per heavy atom. The number of methoxy groups -OCH3 is 1. The molecule has 2 amide bonds. The SMILES string of the molecule is CCCOc1ccc(OC)c([18F])c1C(=O)c1ccc(C(=O)N[C@@H]2CNC[C@H]2NC(=O)c2ccc3[nH]ncc3c2)cc1. The average Bonchev–Trinajstić information content (AvgIpc) is 3.64. The topological polar surface area (TPSA) is 134 Å². The molecule has 0 saturated carbocycles. The Hall–Kier alpha value is -4.77. The first-order valence-electron chi connectivity index (χ1n) is 13.3. The van der Waals surface area contributed by atoms with Gasteiger partial charge in [-0.2, -0.15) is 5.10 Å². The van der Waals surface area contributed by atoms with Crippen molar-refractivity contribution in [3.63, 3.8) is 0 Å². The van der Waals surface area contributed by atoms with E-state index in [2.05, 4.69) is 26.1 Å². The minimum absolute atomic E-state index is 0.0676. The molecule has 3 aromatic carbocycles. The number of rotatable bonds is 10. The molecule has 0 bridgehead atoms. The number of amides is 2. The molecule has 2 atom stereocenters.